The Hall–Kier alpha value is -1.89. The summed E-state index contributed by atoms with van der Waals surface area (Å²) in [7, 11) is 0. The summed E-state index contributed by atoms with van der Waals surface area (Å²) >= 11 is 1.47. The van der Waals surface area contributed by atoms with Crippen LogP contribution < -0.4 is 5.73 Å². The molecule has 7 heteroatoms. The molecule has 3 rings (SSSR count). The van der Waals surface area contributed by atoms with Crippen molar-refractivity contribution in [3.8, 4) is 0 Å². The Morgan fingerprint density at radius 1 is 1.27 bits per heavy atom. The maximum Gasteiger partial charge on any atom is 0.349 e. The largest absolute Gasteiger partial charge is 0.448 e. The number of aryl methyl sites for hydroxylation is 2. The van der Waals surface area contributed by atoms with Crippen molar-refractivity contribution in [3.63, 3.8) is 0 Å². The predicted molar refractivity (Wildman–Crippen MR) is 98.9 cm³/mol. The fourth-order valence-corrected chi connectivity index (χ4v) is 4.80. The number of thiophene rings is 1. The van der Waals surface area contributed by atoms with Crippen LogP contribution in [0.1, 0.15) is 53.2 Å². The first-order chi connectivity index (χ1) is 12.4. The molecule has 0 bridgehead atoms. The fourth-order valence-electron chi connectivity index (χ4n) is 3.66. The predicted octanol–water partition coefficient (Wildman–Crippen LogP) is 2.14. The van der Waals surface area contributed by atoms with E-state index in [0.29, 0.717) is 24.4 Å². The van der Waals surface area contributed by atoms with E-state index in [1.54, 1.807) is 4.90 Å². The summed E-state index contributed by atoms with van der Waals surface area (Å²) in [6, 6.07) is 1.90. The summed E-state index contributed by atoms with van der Waals surface area (Å²) in [5.74, 6) is -1.51. The number of fused-ring (bicyclic) bond motifs is 1. The zero-order chi connectivity index (χ0) is 18.8. The van der Waals surface area contributed by atoms with E-state index >= 15 is 0 Å². The molecule has 0 spiro atoms. The van der Waals surface area contributed by atoms with Gasteiger partial charge >= 0.3 is 5.97 Å². The van der Waals surface area contributed by atoms with E-state index in [2.05, 4.69) is 0 Å². The molecule has 1 fully saturated rings. The Morgan fingerprint density at radius 3 is 2.69 bits per heavy atom. The van der Waals surface area contributed by atoms with Crippen molar-refractivity contribution in [2.45, 2.75) is 52.1 Å². The molecule has 142 valence electrons. The lowest BCUT2D eigenvalue weighted by atomic mass is 9.96. The molecule has 0 saturated carbocycles. The van der Waals surface area contributed by atoms with Gasteiger partial charge < -0.3 is 15.4 Å². The third kappa shape index (κ3) is 3.92. The second kappa shape index (κ2) is 7.78. The molecule has 2 aliphatic rings. The Morgan fingerprint density at radius 2 is 2.04 bits per heavy atom. The van der Waals surface area contributed by atoms with Gasteiger partial charge in [0.05, 0.1) is 5.92 Å². The minimum atomic E-state index is -0.842. The van der Waals surface area contributed by atoms with E-state index in [-0.39, 0.29) is 23.7 Å². The lowest BCUT2D eigenvalue weighted by molar-refractivity contribution is -0.145. The van der Waals surface area contributed by atoms with Gasteiger partial charge in [0.1, 0.15) is 4.88 Å². The summed E-state index contributed by atoms with van der Waals surface area (Å²) < 4.78 is 5.61. The van der Waals surface area contributed by atoms with E-state index in [4.69, 9.17) is 10.5 Å². The van der Waals surface area contributed by atoms with Crippen molar-refractivity contribution in [2.24, 2.45) is 17.6 Å². The Kier molecular flexibility index (Phi) is 5.65. The maximum absolute atomic E-state index is 12.9. The zero-order valence-electron chi connectivity index (χ0n) is 15.3. The van der Waals surface area contributed by atoms with E-state index in [1.807, 2.05) is 19.9 Å². The molecule has 2 atom stereocenters. The van der Waals surface area contributed by atoms with Crippen LogP contribution in [0, 0.1) is 11.8 Å². The normalized spacial score (nSPS) is 20.7. The van der Waals surface area contributed by atoms with Crippen LogP contribution in [0.3, 0.4) is 0 Å². The standard InChI is InChI=1S/C19H26N2O4S/c1-11(2)16(18(23)21-8-4-6-13(10-21)17(20)22)25-19(24)15-9-12-5-3-7-14(12)26-15/h9,11,13,16H,3-8,10H2,1-2H3,(H2,20,22). The first-order valence-corrected chi connectivity index (χ1v) is 10.1. The smallest absolute Gasteiger partial charge is 0.349 e. The molecule has 1 aliphatic carbocycles. The average Bonchev–Trinajstić information content (AvgIpc) is 3.20. The Bertz CT molecular complexity index is 691. The van der Waals surface area contributed by atoms with Crippen LogP contribution in [0.15, 0.2) is 6.07 Å². The first-order valence-electron chi connectivity index (χ1n) is 9.27. The molecular weight excluding hydrogens is 352 g/mol. The van der Waals surface area contributed by atoms with Gasteiger partial charge in [0.15, 0.2) is 6.10 Å². The highest BCUT2D eigenvalue weighted by atomic mass is 32.1. The number of piperidine rings is 1. The van der Waals surface area contributed by atoms with Crippen LogP contribution in [0.2, 0.25) is 0 Å². The second-order valence-corrected chi connectivity index (χ2v) is 8.65. The van der Waals surface area contributed by atoms with Crippen molar-refractivity contribution in [2.75, 3.05) is 13.1 Å². The first kappa shape index (κ1) is 18.9. The molecule has 2 amide bonds. The molecule has 1 aliphatic heterocycles. The number of likely N-dealkylation sites (tertiary alicyclic amines) is 1. The molecule has 1 aromatic rings. The van der Waals surface area contributed by atoms with Gasteiger partial charge in [-0.25, -0.2) is 4.79 Å². The van der Waals surface area contributed by atoms with E-state index in [0.717, 1.165) is 25.7 Å². The zero-order valence-corrected chi connectivity index (χ0v) is 16.1. The van der Waals surface area contributed by atoms with E-state index in [9.17, 15) is 14.4 Å². The summed E-state index contributed by atoms with van der Waals surface area (Å²) in [4.78, 5) is 40.4. The number of amides is 2. The van der Waals surface area contributed by atoms with E-state index in [1.165, 1.54) is 21.8 Å². The van der Waals surface area contributed by atoms with Crippen LogP contribution in [-0.4, -0.2) is 41.9 Å². The topological polar surface area (TPSA) is 89.7 Å². The van der Waals surface area contributed by atoms with Gasteiger partial charge in [-0.1, -0.05) is 13.8 Å². The fraction of sp³-hybridized carbons (Fsp3) is 0.632. The number of carbonyl (C=O) groups is 3. The molecule has 26 heavy (non-hydrogen) atoms. The van der Waals surface area contributed by atoms with Crippen LogP contribution >= 0.6 is 11.3 Å². The molecule has 2 N–H and O–H groups in total. The molecule has 2 unspecified atom stereocenters. The molecule has 2 heterocycles. The number of hydrogen-bond acceptors (Lipinski definition) is 5. The molecule has 0 aromatic carbocycles. The van der Waals surface area contributed by atoms with Crippen molar-refractivity contribution < 1.29 is 19.1 Å². The molecule has 0 radical (unpaired) electrons. The van der Waals surface area contributed by atoms with Gasteiger partial charge in [-0.05, 0) is 49.7 Å². The number of rotatable bonds is 5. The molecule has 1 aromatic heterocycles. The summed E-state index contributed by atoms with van der Waals surface area (Å²) in [6.07, 6.45) is 3.75. The third-order valence-corrected chi connectivity index (χ3v) is 6.38. The van der Waals surface area contributed by atoms with Gasteiger partial charge in [0.2, 0.25) is 5.91 Å². The Balaban J connectivity index is 1.68. The number of nitrogens with zero attached hydrogens (tertiary/aromatic N) is 1. The average molecular weight is 378 g/mol. The lowest BCUT2D eigenvalue weighted by Crippen LogP contribution is -2.50. The van der Waals surface area contributed by atoms with Crippen LogP contribution in [0.25, 0.3) is 0 Å². The van der Waals surface area contributed by atoms with Gasteiger partial charge in [-0.2, -0.15) is 0 Å². The third-order valence-electron chi connectivity index (χ3n) is 5.17. The minimum Gasteiger partial charge on any atom is -0.448 e. The molecular formula is C19H26N2O4S. The quantitative estimate of drug-likeness (QED) is 0.795. The second-order valence-electron chi connectivity index (χ2n) is 7.51. The van der Waals surface area contributed by atoms with Gasteiger partial charge in [-0.3, -0.25) is 9.59 Å². The number of esters is 1. The van der Waals surface area contributed by atoms with Crippen LogP contribution in [0.5, 0.6) is 0 Å². The summed E-state index contributed by atoms with van der Waals surface area (Å²) in [5.41, 5.74) is 6.63. The van der Waals surface area contributed by atoms with Crippen LogP contribution in [-0.2, 0) is 27.2 Å². The van der Waals surface area contributed by atoms with Crippen LogP contribution in [0.4, 0.5) is 0 Å². The van der Waals surface area contributed by atoms with Crippen molar-refractivity contribution in [1.29, 1.82) is 0 Å². The molecule has 1 saturated heterocycles. The highest BCUT2D eigenvalue weighted by Crippen LogP contribution is 2.31. The number of nitrogens with two attached hydrogens (primary N) is 1. The van der Waals surface area contributed by atoms with Gasteiger partial charge in [0, 0.05) is 18.0 Å². The van der Waals surface area contributed by atoms with Crippen molar-refractivity contribution in [1.82, 2.24) is 4.90 Å². The Labute approximate surface area is 157 Å². The van der Waals surface area contributed by atoms with Gasteiger partial charge in [-0.15, -0.1) is 11.3 Å². The van der Waals surface area contributed by atoms with Crippen molar-refractivity contribution >= 4 is 29.1 Å². The van der Waals surface area contributed by atoms with Crippen molar-refractivity contribution in [3.05, 3.63) is 21.4 Å². The number of primary amides is 1. The lowest BCUT2D eigenvalue weighted by Gasteiger charge is -2.34. The summed E-state index contributed by atoms with van der Waals surface area (Å²) in [6.45, 7) is 4.60. The minimum absolute atomic E-state index is 0.146. The highest BCUT2D eigenvalue weighted by Gasteiger charge is 2.35. The number of carbonyl (C=O) groups excluding carboxylic acids is 3. The number of hydrogen-bond donors (Lipinski definition) is 1. The monoisotopic (exact) mass is 378 g/mol. The highest BCUT2D eigenvalue weighted by molar-refractivity contribution is 7.14. The van der Waals surface area contributed by atoms with Gasteiger partial charge in [0.25, 0.3) is 5.91 Å². The maximum atomic E-state index is 12.9. The number of ether oxygens (including phenoxy) is 1. The SMILES string of the molecule is CC(C)C(OC(=O)c1cc2c(s1)CCC2)C(=O)N1CCCC(C(N)=O)C1. The molecule has 6 nitrogen and oxygen atoms in total. The summed E-state index contributed by atoms with van der Waals surface area (Å²) in [5, 5.41) is 0. The van der Waals surface area contributed by atoms with E-state index < -0.39 is 12.1 Å².